The summed E-state index contributed by atoms with van der Waals surface area (Å²) in [5.41, 5.74) is 3.49. The van der Waals surface area contributed by atoms with Crippen LogP contribution in [0.1, 0.15) is 30.5 Å². The fourth-order valence-corrected chi connectivity index (χ4v) is 1.82. The molecule has 1 aromatic carbocycles. The molecule has 108 valence electrons. The lowest BCUT2D eigenvalue weighted by molar-refractivity contribution is -0.00727. The van der Waals surface area contributed by atoms with Gasteiger partial charge >= 0.3 is 0 Å². The van der Waals surface area contributed by atoms with Gasteiger partial charge in [0.25, 0.3) is 0 Å². The van der Waals surface area contributed by atoms with E-state index in [1.165, 1.54) is 0 Å². The van der Waals surface area contributed by atoms with Gasteiger partial charge in [-0.3, -0.25) is 4.94 Å². The molecule has 0 N–H and O–H groups in total. The quantitative estimate of drug-likeness (QED) is 0.598. The molecule has 0 saturated heterocycles. The first-order valence-corrected chi connectivity index (χ1v) is 6.64. The molecule has 0 amide bonds. The van der Waals surface area contributed by atoms with E-state index in [9.17, 15) is 4.53 Å². The van der Waals surface area contributed by atoms with Gasteiger partial charge in [0.05, 0.1) is 0 Å². The molecule has 0 radical (unpaired) electrons. The molecule has 0 saturated carbocycles. The Morgan fingerprint density at radius 1 is 1.25 bits per heavy atom. The highest BCUT2D eigenvalue weighted by Crippen LogP contribution is 2.28. The first kappa shape index (κ1) is 17.9. The predicted octanol–water partition coefficient (Wildman–Crippen LogP) is 5.77. The van der Waals surface area contributed by atoms with Crippen molar-refractivity contribution in [3.05, 3.63) is 72.4 Å². The molecular weight excluding hydrogens is 251 g/mol. The molecule has 0 aromatic heterocycles. The highest BCUT2D eigenvalue weighted by molar-refractivity contribution is 5.60. The lowest BCUT2D eigenvalue weighted by Crippen LogP contribution is -1.94. The lowest BCUT2D eigenvalue weighted by Gasteiger charge is -2.09. The zero-order chi connectivity index (χ0) is 15.5. The molecule has 0 heterocycles. The summed E-state index contributed by atoms with van der Waals surface area (Å²) in [6, 6.07) is 3.75. The van der Waals surface area contributed by atoms with Crippen LogP contribution in [0.5, 0.6) is 5.75 Å². The number of halogens is 1. The van der Waals surface area contributed by atoms with Gasteiger partial charge < -0.3 is 0 Å². The Morgan fingerprint density at radius 3 is 2.35 bits per heavy atom. The second-order valence-electron chi connectivity index (χ2n) is 3.97. The van der Waals surface area contributed by atoms with E-state index in [-0.39, 0.29) is 5.75 Å². The molecule has 1 nitrogen and oxygen atoms in total. The van der Waals surface area contributed by atoms with Crippen LogP contribution in [-0.2, 0) is 6.42 Å². The normalized spacial score (nSPS) is 10.1. The molecular formula is C18H23FO. The maximum atomic E-state index is 12.4. The Kier molecular flexibility index (Phi) is 8.77. The minimum atomic E-state index is 0.224. The van der Waals surface area contributed by atoms with Crippen LogP contribution in [0.4, 0.5) is 4.53 Å². The van der Waals surface area contributed by atoms with Crippen molar-refractivity contribution in [1.29, 1.82) is 0 Å². The van der Waals surface area contributed by atoms with E-state index in [4.69, 9.17) is 0 Å². The third-order valence-corrected chi connectivity index (χ3v) is 2.66. The summed E-state index contributed by atoms with van der Waals surface area (Å²) in [7, 11) is 0. The fourth-order valence-electron chi connectivity index (χ4n) is 1.82. The standard InChI is InChI=1S/C16H17FO.C2H6/c1-5-8-13(6-2)10-14-9-12(4)16(18-17)15(7-3)11-14;1-2/h5-9,11H,1-3,10H2,4H3;1-2H3/b13-8+;. The first-order valence-electron chi connectivity index (χ1n) is 6.64. The zero-order valence-electron chi connectivity index (χ0n) is 12.6. The van der Waals surface area contributed by atoms with E-state index in [1.54, 1.807) is 25.2 Å². The Hall–Kier alpha value is -2.09. The van der Waals surface area contributed by atoms with Crippen molar-refractivity contribution >= 4 is 6.08 Å². The monoisotopic (exact) mass is 274 g/mol. The summed E-state index contributed by atoms with van der Waals surface area (Å²) in [6.07, 6.45) is 7.69. The minimum Gasteiger partial charge on any atom is -0.293 e. The molecule has 0 aliphatic heterocycles. The lowest BCUT2D eigenvalue weighted by atomic mass is 9.99. The SMILES string of the molecule is C=C/C=C(\C=C)Cc1cc(C)c(OF)c(C=C)c1.CC. The van der Waals surface area contributed by atoms with Crippen LogP contribution in [-0.4, -0.2) is 0 Å². The Morgan fingerprint density at radius 2 is 1.90 bits per heavy atom. The van der Waals surface area contributed by atoms with Crippen LogP contribution in [0.2, 0.25) is 0 Å². The number of hydrogen-bond donors (Lipinski definition) is 0. The van der Waals surface area contributed by atoms with Gasteiger partial charge in [0.2, 0.25) is 0 Å². The number of hydrogen-bond acceptors (Lipinski definition) is 1. The van der Waals surface area contributed by atoms with Gasteiger partial charge in [-0.25, -0.2) is 0 Å². The van der Waals surface area contributed by atoms with Gasteiger partial charge in [-0.15, -0.1) is 0 Å². The molecule has 0 aliphatic carbocycles. The van der Waals surface area contributed by atoms with Gasteiger partial charge in [-0.2, -0.15) is 0 Å². The highest BCUT2D eigenvalue weighted by Gasteiger charge is 2.08. The fraction of sp³-hybridized carbons (Fsp3) is 0.222. The first-order chi connectivity index (χ1) is 9.65. The van der Waals surface area contributed by atoms with Gasteiger partial charge in [0.15, 0.2) is 5.75 Å². The number of aryl methyl sites for hydroxylation is 1. The third-order valence-electron chi connectivity index (χ3n) is 2.66. The molecule has 0 fully saturated rings. The molecule has 0 atom stereocenters. The molecule has 1 aromatic rings. The largest absolute Gasteiger partial charge is 0.293 e. The van der Waals surface area contributed by atoms with E-state index >= 15 is 0 Å². The van der Waals surface area contributed by atoms with Crippen molar-refractivity contribution < 1.29 is 9.47 Å². The van der Waals surface area contributed by atoms with Crippen molar-refractivity contribution in [3.8, 4) is 5.75 Å². The molecule has 0 unspecified atom stereocenters. The summed E-state index contributed by atoms with van der Waals surface area (Å²) in [5, 5.41) is 0. The average molecular weight is 274 g/mol. The summed E-state index contributed by atoms with van der Waals surface area (Å²) in [6.45, 7) is 16.9. The van der Waals surface area contributed by atoms with E-state index in [0.717, 1.165) is 16.7 Å². The van der Waals surface area contributed by atoms with Crippen molar-refractivity contribution in [3.63, 3.8) is 0 Å². The van der Waals surface area contributed by atoms with Crippen LogP contribution >= 0.6 is 0 Å². The predicted molar refractivity (Wildman–Crippen MR) is 86.5 cm³/mol. The minimum absolute atomic E-state index is 0.224. The summed E-state index contributed by atoms with van der Waals surface area (Å²) < 4.78 is 12.4. The van der Waals surface area contributed by atoms with Gasteiger partial charge in [0.1, 0.15) is 0 Å². The molecule has 1 rings (SSSR count). The molecule has 0 aliphatic rings. The van der Waals surface area contributed by atoms with Crippen LogP contribution in [0.25, 0.3) is 6.08 Å². The summed E-state index contributed by atoms with van der Waals surface area (Å²) >= 11 is 0. The van der Waals surface area contributed by atoms with Crippen molar-refractivity contribution in [2.75, 3.05) is 0 Å². The molecule has 0 spiro atoms. The van der Waals surface area contributed by atoms with Crippen molar-refractivity contribution in [2.24, 2.45) is 0 Å². The van der Waals surface area contributed by atoms with E-state index in [0.29, 0.717) is 12.0 Å². The number of benzene rings is 1. The van der Waals surface area contributed by atoms with Gasteiger partial charge in [0, 0.05) is 10.1 Å². The van der Waals surface area contributed by atoms with Gasteiger partial charge in [-0.05, 0) is 36.1 Å². The van der Waals surface area contributed by atoms with Crippen LogP contribution < -0.4 is 4.94 Å². The van der Waals surface area contributed by atoms with Crippen molar-refractivity contribution in [1.82, 2.24) is 0 Å². The molecule has 0 bridgehead atoms. The number of rotatable bonds is 6. The average Bonchev–Trinajstić information content (AvgIpc) is 2.48. The smallest absolute Gasteiger partial charge is 0.181 e. The third kappa shape index (κ3) is 4.88. The Bertz CT molecular complexity index is 498. The Balaban J connectivity index is 0.00000172. The molecule has 2 heteroatoms. The van der Waals surface area contributed by atoms with Crippen LogP contribution in [0, 0.1) is 6.92 Å². The van der Waals surface area contributed by atoms with E-state index < -0.39 is 0 Å². The topological polar surface area (TPSA) is 9.23 Å². The van der Waals surface area contributed by atoms with Gasteiger partial charge in [-0.1, -0.05) is 64.0 Å². The highest BCUT2D eigenvalue weighted by atomic mass is 19.3. The maximum Gasteiger partial charge on any atom is 0.181 e. The maximum absolute atomic E-state index is 12.4. The van der Waals surface area contributed by atoms with E-state index in [2.05, 4.69) is 24.7 Å². The summed E-state index contributed by atoms with van der Waals surface area (Å²) in [5.74, 6) is 0.224. The van der Waals surface area contributed by atoms with Crippen molar-refractivity contribution in [2.45, 2.75) is 27.2 Å². The zero-order valence-corrected chi connectivity index (χ0v) is 12.6. The van der Waals surface area contributed by atoms with E-state index in [1.807, 2.05) is 32.1 Å². The number of allylic oxidation sites excluding steroid dienone is 4. The Labute approximate surface area is 121 Å². The molecule has 20 heavy (non-hydrogen) atoms. The second-order valence-corrected chi connectivity index (χ2v) is 3.97. The van der Waals surface area contributed by atoms with Crippen LogP contribution in [0.3, 0.4) is 0 Å². The summed E-state index contributed by atoms with van der Waals surface area (Å²) in [4.78, 5) is 3.88. The van der Waals surface area contributed by atoms with Crippen LogP contribution in [0.15, 0.2) is 55.7 Å². The second kappa shape index (κ2) is 9.79.